The molecule has 0 spiro atoms. The molecule has 1 aromatic rings. The minimum atomic E-state index is -3.90. The number of carbonyl (C=O) groups is 1. The third kappa shape index (κ3) is 4.09. The predicted octanol–water partition coefficient (Wildman–Crippen LogP) is 1.53. The molecule has 2 rings (SSSR count). The maximum Gasteiger partial charge on any atom is 0.261 e. The van der Waals surface area contributed by atoms with Crippen molar-refractivity contribution in [3.05, 3.63) is 23.8 Å². The lowest BCUT2D eigenvalue weighted by Crippen LogP contribution is -2.32. The second-order valence-corrected chi connectivity index (χ2v) is 7.21. The van der Waals surface area contributed by atoms with E-state index in [1.807, 2.05) is 0 Å². The molecule has 1 saturated heterocycles. The molecule has 0 aromatic heterocycles. The number of nitrogens with one attached hydrogen (secondary N) is 1. The topological polar surface area (TPSA) is 81.7 Å². The highest BCUT2D eigenvalue weighted by atomic mass is 35.7. The zero-order chi connectivity index (χ0) is 15.5. The normalized spacial score (nSPS) is 18.5. The van der Waals surface area contributed by atoms with E-state index in [0.29, 0.717) is 13.2 Å². The second-order valence-electron chi connectivity index (χ2n) is 4.64. The fourth-order valence-electron chi connectivity index (χ4n) is 2.12. The van der Waals surface area contributed by atoms with E-state index in [1.165, 1.54) is 25.3 Å². The fraction of sp³-hybridized carbons (Fsp3) is 0.462. The number of rotatable bonds is 5. The van der Waals surface area contributed by atoms with Crippen LogP contribution in [0.4, 0.5) is 0 Å². The van der Waals surface area contributed by atoms with E-state index in [-0.39, 0.29) is 22.3 Å². The largest absolute Gasteiger partial charge is 0.496 e. The molecule has 0 radical (unpaired) electrons. The molecule has 1 N–H and O–H groups in total. The maximum atomic E-state index is 12.2. The molecule has 1 amide bonds. The van der Waals surface area contributed by atoms with Gasteiger partial charge >= 0.3 is 0 Å². The SMILES string of the molecule is COc1ccc(S(=O)(=O)Cl)cc1C(=O)NCC1CCCO1. The van der Waals surface area contributed by atoms with Gasteiger partial charge in [-0.15, -0.1) is 0 Å². The first-order valence-corrected chi connectivity index (χ1v) is 8.75. The Labute approximate surface area is 127 Å². The Bertz CT molecular complexity index is 625. The van der Waals surface area contributed by atoms with Crippen LogP contribution in [0.15, 0.2) is 23.1 Å². The molecule has 1 aliphatic rings. The van der Waals surface area contributed by atoms with Crippen molar-refractivity contribution in [2.75, 3.05) is 20.3 Å². The van der Waals surface area contributed by atoms with Crippen LogP contribution in [0.3, 0.4) is 0 Å². The van der Waals surface area contributed by atoms with Crippen molar-refractivity contribution in [3.63, 3.8) is 0 Å². The van der Waals surface area contributed by atoms with Gasteiger partial charge in [-0.3, -0.25) is 4.79 Å². The monoisotopic (exact) mass is 333 g/mol. The van der Waals surface area contributed by atoms with E-state index in [1.54, 1.807) is 0 Å². The summed E-state index contributed by atoms with van der Waals surface area (Å²) >= 11 is 0. The summed E-state index contributed by atoms with van der Waals surface area (Å²) in [4.78, 5) is 12.0. The fourth-order valence-corrected chi connectivity index (χ4v) is 2.90. The molecule has 0 bridgehead atoms. The van der Waals surface area contributed by atoms with Gasteiger partial charge in [0.1, 0.15) is 5.75 Å². The Morgan fingerprint density at radius 2 is 2.29 bits per heavy atom. The summed E-state index contributed by atoms with van der Waals surface area (Å²) in [6.07, 6.45) is 1.87. The molecule has 1 aromatic carbocycles. The molecule has 8 heteroatoms. The van der Waals surface area contributed by atoms with Crippen molar-refractivity contribution in [2.24, 2.45) is 0 Å². The molecule has 0 saturated carbocycles. The summed E-state index contributed by atoms with van der Waals surface area (Å²) in [5.74, 6) is -0.145. The first-order chi connectivity index (χ1) is 9.91. The zero-order valence-corrected chi connectivity index (χ0v) is 13.0. The molecular formula is C13H16ClNO5S. The molecule has 1 heterocycles. The van der Waals surface area contributed by atoms with E-state index < -0.39 is 15.0 Å². The van der Waals surface area contributed by atoms with Crippen molar-refractivity contribution in [3.8, 4) is 5.75 Å². The Morgan fingerprint density at radius 1 is 1.52 bits per heavy atom. The van der Waals surface area contributed by atoms with E-state index >= 15 is 0 Å². The van der Waals surface area contributed by atoms with Gasteiger partial charge in [-0.2, -0.15) is 0 Å². The molecule has 116 valence electrons. The van der Waals surface area contributed by atoms with Gasteiger partial charge in [0.05, 0.1) is 23.7 Å². The highest BCUT2D eigenvalue weighted by Gasteiger charge is 2.20. The predicted molar refractivity (Wildman–Crippen MR) is 77.3 cm³/mol. The minimum Gasteiger partial charge on any atom is -0.496 e. The lowest BCUT2D eigenvalue weighted by Gasteiger charge is -2.13. The van der Waals surface area contributed by atoms with Gasteiger partial charge in [0.25, 0.3) is 15.0 Å². The maximum absolute atomic E-state index is 12.2. The summed E-state index contributed by atoms with van der Waals surface area (Å²) in [6.45, 7) is 1.07. The Kier molecular flexibility index (Phi) is 5.08. The van der Waals surface area contributed by atoms with Gasteiger partial charge in [-0.05, 0) is 31.0 Å². The standard InChI is InChI=1S/C13H16ClNO5S/c1-19-12-5-4-10(21(14,17)18)7-11(12)13(16)15-8-9-3-2-6-20-9/h4-5,7,9H,2-3,6,8H2,1H3,(H,15,16). The molecule has 1 fully saturated rings. The van der Waals surface area contributed by atoms with Crippen LogP contribution in [0, 0.1) is 0 Å². The number of halogens is 1. The van der Waals surface area contributed by atoms with Crippen LogP contribution in [0.1, 0.15) is 23.2 Å². The summed E-state index contributed by atoms with van der Waals surface area (Å²) in [5, 5.41) is 2.71. The van der Waals surface area contributed by atoms with E-state index in [4.69, 9.17) is 20.2 Å². The Hall–Kier alpha value is -1.31. The minimum absolute atomic E-state index is 0.000104. The summed E-state index contributed by atoms with van der Waals surface area (Å²) in [5.41, 5.74) is 0.122. The van der Waals surface area contributed by atoms with Gasteiger partial charge in [0, 0.05) is 23.8 Å². The first kappa shape index (κ1) is 16.1. The van der Waals surface area contributed by atoms with Crippen LogP contribution in [-0.2, 0) is 13.8 Å². The molecule has 1 aliphatic heterocycles. The van der Waals surface area contributed by atoms with Crippen LogP contribution in [0.25, 0.3) is 0 Å². The highest BCUT2D eigenvalue weighted by molar-refractivity contribution is 8.13. The zero-order valence-electron chi connectivity index (χ0n) is 11.5. The lowest BCUT2D eigenvalue weighted by atomic mass is 10.1. The third-order valence-electron chi connectivity index (χ3n) is 3.21. The van der Waals surface area contributed by atoms with Crippen LogP contribution >= 0.6 is 10.7 Å². The number of benzene rings is 1. The number of hydrogen-bond donors (Lipinski definition) is 1. The Morgan fingerprint density at radius 3 is 2.86 bits per heavy atom. The van der Waals surface area contributed by atoms with E-state index in [0.717, 1.165) is 12.8 Å². The number of hydrogen-bond acceptors (Lipinski definition) is 5. The molecule has 21 heavy (non-hydrogen) atoms. The first-order valence-electron chi connectivity index (χ1n) is 6.44. The van der Waals surface area contributed by atoms with Crippen LogP contribution in [0.5, 0.6) is 5.75 Å². The molecule has 6 nitrogen and oxygen atoms in total. The van der Waals surface area contributed by atoms with Crippen LogP contribution in [0.2, 0.25) is 0 Å². The van der Waals surface area contributed by atoms with Crippen LogP contribution in [-0.4, -0.2) is 40.7 Å². The lowest BCUT2D eigenvalue weighted by molar-refractivity contribution is 0.0855. The Balaban J connectivity index is 2.17. The molecule has 1 unspecified atom stereocenters. The smallest absolute Gasteiger partial charge is 0.261 e. The van der Waals surface area contributed by atoms with Gasteiger partial charge in [-0.25, -0.2) is 8.42 Å². The van der Waals surface area contributed by atoms with Crippen molar-refractivity contribution in [2.45, 2.75) is 23.8 Å². The van der Waals surface area contributed by atoms with Crippen LogP contribution < -0.4 is 10.1 Å². The number of carbonyl (C=O) groups excluding carboxylic acids is 1. The number of ether oxygens (including phenoxy) is 2. The van der Waals surface area contributed by atoms with Crippen molar-refractivity contribution < 1.29 is 22.7 Å². The van der Waals surface area contributed by atoms with Crippen molar-refractivity contribution >= 4 is 25.6 Å². The average molecular weight is 334 g/mol. The van der Waals surface area contributed by atoms with Gasteiger partial charge in [0.2, 0.25) is 0 Å². The highest BCUT2D eigenvalue weighted by Crippen LogP contribution is 2.24. The quantitative estimate of drug-likeness (QED) is 0.826. The molecule has 0 aliphatic carbocycles. The second kappa shape index (κ2) is 6.64. The van der Waals surface area contributed by atoms with Gasteiger partial charge < -0.3 is 14.8 Å². The summed E-state index contributed by atoms with van der Waals surface area (Å²) in [7, 11) is 2.79. The van der Waals surface area contributed by atoms with Crippen molar-refractivity contribution in [1.29, 1.82) is 0 Å². The average Bonchev–Trinajstić information content (AvgIpc) is 2.96. The number of methoxy groups -OCH3 is 1. The number of amides is 1. The van der Waals surface area contributed by atoms with Crippen molar-refractivity contribution in [1.82, 2.24) is 5.32 Å². The summed E-state index contributed by atoms with van der Waals surface area (Å²) in [6, 6.07) is 3.89. The van der Waals surface area contributed by atoms with E-state index in [2.05, 4.69) is 5.32 Å². The van der Waals surface area contributed by atoms with E-state index in [9.17, 15) is 13.2 Å². The van der Waals surface area contributed by atoms with Gasteiger partial charge in [-0.1, -0.05) is 0 Å². The summed E-state index contributed by atoms with van der Waals surface area (Å²) < 4.78 is 33.2. The molecule has 1 atom stereocenters. The molecular weight excluding hydrogens is 318 g/mol. The van der Waals surface area contributed by atoms with Gasteiger partial charge in [0.15, 0.2) is 0 Å². The third-order valence-corrected chi connectivity index (χ3v) is 4.56.